The van der Waals surface area contributed by atoms with Crippen molar-refractivity contribution < 1.29 is 0 Å². The number of rotatable bonds is 4. The highest BCUT2D eigenvalue weighted by Crippen LogP contribution is 2.38. The van der Waals surface area contributed by atoms with Crippen LogP contribution in [0.1, 0.15) is 24.8 Å². The quantitative estimate of drug-likeness (QED) is 0.378. The molecule has 2 aromatic heterocycles. The van der Waals surface area contributed by atoms with Gasteiger partial charge in [-0.1, -0.05) is 61.0 Å². The summed E-state index contributed by atoms with van der Waals surface area (Å²) in [5.74, 6) is 7.87. The molecule has 0 amide bonds. The second-order valence-corrected chi connectivity index (χ2v) is 7.16. The summed E-state index contributed by atoms with van der Waals surface area (Å²) < 4.78 is 0. The molecule has 2 aromatic carbocycles. The first-order chi connectivity index (χ1) is 13.8. The van der Waals surface area contributed by atoms with Crippen LogP contribution in [0.2, 0.25) is 0 Å². The van der Waals surface area contributed by atoms with E-state index >= 15 is 0 Å². The predicted molar refractivity (Wildman–Crippen MR) is 114 cm³/mol. The van der Waals surface area contributed by atoms with E-state index in [0.29, 0.717) is 5.82 Å². The molecule has 2 heterocycles. The summed E-state index contributed by atoms with van der Waals surface area (Å²) in [6.45, 7) is 0. The summed E-state index contributed by atoms with van der Waals surface area (Å²) in [5, 5.41) is 0.911. The topological polar surface area (TPSA) is 63.8 Å². The van der Waals surface area contributed by atoms with E-state index in [4.69, 9.17) is 10.8 Å². The average molecular weight is 365 g/mol. The van der Waals surface area contributed by atoms with Gasteiger partial charge in [-0.15, -0.1) is 0 Å². The fourth-order valence-electron chi connectivity index (χ4n) is 3.78. The number of nitrogens with one attached hydrogen (secondary N) is 1. The maximum atomic E-state index is 5.67. The number of pyridine rings is 2. The van der Waals surface area contributed by atoms with Gasteiger partial charge in [-0.05, 0) is 36.1 Å². The monoisotopic (exact) mass is 365 g/mol. The Kier molecular flexibility index (Phi) is 4.26. The van der Waals surface area contributed by atoms with Gasteiger partial charge in [0.2, 0.25) is 0 Å². The summed E-state index contributed by atoms with van der Waals surface area (Å²) in [4.78, 5) is 9.33. The first-order valence-electron chi connectivity index (χ1n) is 9.61. The number of hydrogen-bond donors (Lipinski definition) is 2. The normalized spacial score (nSPS) is 14.0. The lowest BCUT2D eigenvalue weighted by atomic mass is 9.80. The predicted octanol–water partition coefficient (Wildman–Crippen LogP) is 5.36. The second-order valence-electron chi connectivity index (χ2n) is 7.16. The van der Waals surface area contributed by atoms with Crippen LogP contribution >= 0.6 is 0 Å². The fraction of sp³-hybridized carbons (Fsp3) is 0.125. The van der Waals surface area contributed by atoms with E-state index in [1.807, 2.05) is 24.3 Å². The fourth-order valence-corrected chi connectivity index (χ4v) is 3.78. The van der Waals surface area contributed by atoms with E-state index in [1.165, 1.54) is 24.8 Å². The van der Waals surface area contributed by atoms with Gasteiger partial charge >= 0.3 is 0 Å². The minimum atomic E-state index is 0.630. The molecule has 0 bridgehead atoms. The van der Waals surface area contributed by atoms with Crippen LogP contribution < -0.4 is 11.3 Å². The molecule has 0 saturated heterocycles. The molecule has 0 spiro atoms. The maximum Gasteiger partial charge on any atom is 0.149 e. The molecule has 1 radical (unpaired) electrons. The Morgan fingerprint density at radius 1 is 0.821 bits per heavy atom. The molecule has 28 heavy (non-hydrogen) atoms. The van der Waals surface area contributed by atoms with E-state index in [2.05, 4.69) is 52.9 Å². The van der Waals surface area contributed by atoms with E-state index in [0.717, 1.165) is 33.3 Å². The van der Waals surface area contributed by atoms with Gasteiger partial charge in [0.15, 0.2) is 0 Å². The molecular weight excluding hydrogens is 344 g/mol. The van der Waals surface area contributed by atoms with Crippen molar-refractivity contribution in [3.05, 3.63) is 84.4 Å². The maximum absolute atomic E-state index is 5.67. The third kappa shape index (κ3) is 2.92. The molecule has 4 aromatic rings. The molecule has 1 aliphatic rings. The van der Waals surface area contributed by atoms with Crippen molar-refractivity contribution in [1.82, 2.24) is 9.97 Å². The number of nitrogens with two attached hydrogens (primary N) is 1. The SMILES string of the molecule is NNc1nccc2nc(-c3ccc([C]4CCC4)cc3)c(-c3ccccc3)cc12. The molecule has 4 heteroatoms. The number of benzene rings is 2. The molecule has 0 aliphatic heterocycles. The second kappa shape index (κ2) is 7.06. The van der Waals surface area contributed by atoms with Gasteiger partial charge in [0.25, 0.3) is 0 Å². The van der Waals surface area contributed by atoms with Crippen molar-refractivity contribution in [1.29, 1.82) is 0 Å². The zero-order valence-electron chi connectivity index (χ0n) is 15.5. The lowest BCUT2D eigenvalue weighted by molar-refractivity contribution is 0.577. The number of hydrazine groups is 1. The van der Waals surface area contributed by atoms with Crippen LogP contribution in [0.4, 0.5) is 5.82 Å². The lowest BCUT2D eigenvalue weighted by Crippen LogP contribution is -2.09. The largest absolute Gasteiger partial charge is 0.308 e. The summed E-state index contributed by atoms with van der Waals surface area (Å²) in [7, 11) is 0. The van der Waals surface area contributed by atoms with Crippen LogP contribution in [-0.4, -0.2) is 9.97 Å². The van der Waals surface area contributed by atoms with Gasteiger partial charge in [0, 0.05) is 28.6 Å². The van der Waals surface area contributed by atoms with Crippen molar-refractivity contribution in [3.63, 3.8) is 0 Å². The molecule has 137 valence electrons. The zero-order valence-corrected chi connectivity index (χ0v) is 15.5. The highest BCUT2D eigenvalue weighted by atomic mass is 15.2. The molecule has 1 aliphatic carbocycles. The van der Waals surface area contributed by atoms with Crippen LogP contribution in [0.15, 0.2) is 72.9 Å². The van der Waals surface area contributed by atoms with Crippen LogP contribution in [0.5, 0.6) is 0 Å². The minimum Gasteiger partial charge on any atom is -0.308 e. The molecule has 3 N–H and O–H groups in total. The number of nitrogens with zero attached hydrogens (tertiary/aromatic N) is 2. The van der Waals surface area contributed by atoms with Crippen LogP contribution in [-0.2, 0) is 0 Å². The van der Waals surface area contributed by atoms with E-state index in [1.54, 1.807) is 12.1 Å². The van der Waals surface area contributed by atoms with Crippen molar-refractivity contribution in [3.8, 4) is 22.4 Å². The summed E-state index contributed by atoms with van der Waals surface area (Å²) in [5.41, 5.74) is 9.19. The Bertz CT molecular complexity index is 1120. The van der Waals surface area contributed by atoms with Crippen molar-refractivity contribution in [2.75, 3.05) is 5.43 Å². The molecular formula is C24H21N4. The van der Waals surface area contributed by atoms with Crippen LogP contribution in [0.3, 0.4) is 0 Å². The highest BCUT2D eigenvalue weighted by Gasteiger charge is 2.20. The number of anilines is 1. The van der Waals surface area contributed by atoms with Gasteiger partial charge in [0.05, 0.1) is 11.2 Å². The molecule has 0 unspecified atom stereocenters. The first kappa shape index (κ1) is 16.9. The van der Waals surface area contributed by atoms with Crippen LogP contribution in [0.25, 0.3) is 33.3 Å². The van der Waals surface area contributed by atoms with Crippen molar-refractivity contribution >= 4 is 16.7 Å². The summed E-state index contributed by atoms with van der Waals surface area (Å²) >= 11 is 0. The number of aromatic nitrogens is 2. The molecule has 5 rings (SSSR count). The van der Waals surface area contributed by atoms with Gasteiger partial charge in [-0.25, -0.2) is 15.8 Å². The average Bonchev–Trinajstić information content (AvgIpc) is 2.72. The Morgan fingerprint density at radius 2 is 1.57 bits per heavy atom. The number of nitrogen functional groups attached to an aromatic ring is 1. The Morgan fingerprint density at radius 3 is 2.25 bits per heavy atom. The van der Waals surface area contributed by atoms with E-state index in [-0.39, 0.29) is 0 Å². The first-order valence-corrected chi connectivity index (χ1v) is 9.61. The highest BCUT2D eigenvalue weighted by molar-refractivity contribution is 5.96. The van der Waals surface area contributed by atoms with Gasteiger partial charge < -0.3 is 5.43 Å². The summed E-state index contributed by atoms with van der Waals surface area (Å²) in [6, 6.07) is 23.2. The Hall–Kier alpha value is -3.24. The van der Waals surface area contributed by atoms with Crippen molar-refractivity contribution in [2.24, 2.45) is 5.84 Å². The van der Waals surface area contributed by atoms with Crippen molar-refractivity contribution in [2.45, 2.75) is 19.3 Å². The molecule has 0 atom stereocenters. The lowest BCUT2D eigenvalue weighted by Gasteiger charge is -2.25. The van der Waals surface area contributed by atoms with Gasteiger partial charge in [-0.3, -0.25) is 0 Å². The number of hydrogen-bond acceptors (Lipinski definition) is 4. The Balaban J connectivity index is 1.70. The standard InChI is InChI=1S/C24H21N4/c25-28-24-21-15-20(18-5-2-1-3-6-18)23(27-22(21)13-14-26-24)19-11-9-17(10-12-19)16-7-4-8-16/h1-3,5-6,9-15H,4,7-8,25H2,(H,26,28). The number of fused-ring (bicyclic) bond motifs is 1. The van der Waals surface area contributed by atoms with Crippen LogP contribution in [0, 0.1) is 5.92 Å². The molecule has 1 saturated carbocycles. The minimum absolute atomic E-state index is 0.630. The van der Waals surface area contributed by atoms with Gasteiger partial charge in [0.1, 0.15) is 5.82 Å². The molecule has 1 fully saturated rings. The van der Waals surface area contributed by atoms with E-state index in [9.17, 15) is 0 Å². The third-order valence-corrected chi connectivity index (χ3v) is 5.49. The third-order valence-electron chi connectivity index (χ3n) is 5.49. The van der Waals surface area contributed by atoms with Gasteiger partial charge in [-0.2, -0.15) is 0 Å². The zero-order chi connectivity index (χ0) is 18.9. The van der Waals surface area contributed by atoms with E-state index < -0.39 is 0 Å². The Labute approximate surface area is 164 Å². The smallest absolute Gasteiger partial charge is 0.149 e. The summed E-state index contributed by atoms with van der Waals surface area (Å²) in [6.07, 6.45) is 5.50. The molecule has 4 nitrogen and oxygen atoms in total.